The minimum Gasteiger partial charge on any atom is -0.475 e. The van der Waals surface area contributed by atoms with Crippen molar-refractivity contribution in [3.05, 3.63) is 74.6 Å². The first-order valence-corrected chi connectivity index (χ1v) is 11.5. The summed E-state index contributed by atoms with van der Waals surface area (Å²) in [6, 6.07) is 13.8. The fraction of sp³-hybridized carbons (Fsp3) is 0.143. The summed E-state index contributed by atoms with van der Waals surface area (Å²) >= 11 is 13.5. The lowest BCUT2D eigenvalue weighted by molar-refractivity contribution is -0.384. The molecule has 3 aromatic rings. The SMILES string of the molecule is N#Cc1ccc([N+](=O)[O-])cc1NCCSc1cccc(Nc2nc(Cl)ncc2Cl)c1.O=C(O)C(F)(F)F. The number of nitriles is 1. The largest absolute Gasteiger partial charge is 0.490 e. The number of nitrogens with zero attached hydrogens (tertiary/aromatic N) is 4. The van der Waals surface area contributed by atoms with Crippen LogP contribution >= 0.6 is 35.0 Å². The summed E-state index contributed by atoms with van der Waals surface area (Å²) in [6.45, 7) is 0.519. The number of anilines is 3. The van der Waals surface area contributed by atoms with Crippen molar-refractivity contribution < 1.29 is 28.0 Å². The number of halogens is 5. The Morgan fingerprint density at radius 3 is 2.57 bits per heavy atom. The van der Waals surface area contributed by atoms with Crippen molar-refractivity contribution in [2.45, 2.75) is 11.1 Å². The third-order valence-electron chi connectivity index (χ3n) is 4.07. The number of aliphatic carboxylic acids is 1. The molecule has 0 aliphatic rings. The van der Waals surface area contributed by atoms with Gasteiger partial charge in [-0.1, -0.05) is 17.7 Å². The summed E-state index contributed by atoms with van der Waals surface area (Å²) < 4.78 is 31.7. The molecule has 0 unspecified atom stereocenters. The number of aromatic nitrogens is 2. The van der Waals surface area contributed by atoms with Gasteiger partial charge in [0.1, 0.15) is 11.1 Å². The monoisotopic (exact) mass is 574 g/mol. The fourth-order valence-corrected chi connectivity index (χ4v) is 3.57. The number of nitro groups is 1. The number of thioether (sulfide) groups is 1. The standard InChI is InChI=1S/C19H14Cl2N6O2S.C2HF3O2/c20-16-11-24-19(21)26-18(16)25-13-2-1-3-15(8-13)30-7-6-23-17-9-14(27(28)29)5-4-12(17)10-22;3-2(4,5)1(6)7/h1-5,8-9,11,23H,6-7H2,(H,24,25,26);(H,6,7). The third-order valence-corrected chi connectivity index (χ3v) is 5.53. The lowest BCUT2D eigenvalue weighted by Crippen LogP contribution is -2.21. The minimum absolute atomic E-state index is 0.0635. The van der Waals surface area contributed by atoms with E-state index in [1.807, 2.05) is 30.3 Å². The van der Waals surface area contributed by atoms with Crippen LogP contribution in [-0.4, -0.2) is 44.4 Å². The van der Waals surface area contributed by atoms with Crippen molar-refractivity contribution in [3.8, 4) is 6.07 Å². The van der Waals surface area contributed by atoms with E-state index in [0.717, 1.165) is 10.6 Å². The molecule has 0 spiro atoms. The van der Waals surface area contributed by atoms with Crippen LogP contribution in [-0.2, 0) is 4.79 Å². The highest BCUT2D eigenvalue weighted by Gasteiger charge is 2.38. The number of carboxylic acids is 1. The summed E-state index contributed by atoms with van der Waals surface area (Å²) in [6.07, 6.45) is -3.66. The molecule has 10 nitrogen and oxygen atoms in total. The van der Waals surface area contributed by atoms with Gasteiger partial charge in [0.15, 0.2) is 5.82 Å². The average Bonchev–Trinajstić information content (AvgIpc) is 2.84. The van der Waals surface area contributed by atoms with E-state index < -0.39 is 17.1 Å². The molecule has 0 saturated carbocycles. The molecular formula is C21H15Cl2F3N6O4S. The van der Waals surface area contributed by atoms with Gasteiger partial charge < -0.3 is 15.7 Å². The molecule has 0 aliphatic heterocycles. The molecule has 0 atom stereocenters. The summed E-state index contributed by atoms with van der Waals surface area (Å²) in [5.74, 6) is -1.67. The first kappa shape index (κ1) is 29.4. The van der Waals surface area contributed by atoms with Crippen LogP contribution in [0.1, 0.15) is 5.56 Å². The highest BCUT2D eigenvalue weighted by Crippen LogP contribution is 2.27. The number of nitro benzene ring substituents is 1. The normalized spacial score (nSPS) is 10.5. The van der Waals surface area contributed by atoms with Gasteiger partial charge in [-0.05, 0) is 35.9 Å². The summed E-state index contributed by atoms with van der Waals surface area (Å²) in [4.78, 5) is 28.2. The molecule has 16 heteroatoms. The second-order valence-corrected chi connectivity index (χ2v) is 8.58. The van der Waals surface area contributed by atoms with Crippen molar-refractivity contribution >= 4 is 63.8 Å². The maximum Gasteiger partial charge on any atom is 0.490 e. The summed E-state index contributed by atoms with van der Waals surface area (Å²) in [5, 5.41) is 33.9. The molecule has 0 saturated heterocycles. The molecule has 3 rings (SSSR count). The molecule has 1 heterocycles. The van der Waals surface area contributed by atoms with Crippen LogP contribution in [0.5, 0.6) is 0 Å². The van der Waals surface area contributed by atoms with Gasteiger partial charge in [-0.15, -0.1) is 11.8 Å². The van der Waals surface area contributed by atoms with Gasteiger partial charge in [0.05, 0.1) is 22.4 Å². The number of alkyl halides is 3. The zero-order chi connectivity index (χ0) is 27.6. The van der Waals surface area contributed by atoms with Gasteiger partial charge in [0.25, 0.3) is 5.69 Å². The Morgan fingerprint density at radius 1 is 1.24 bits per heavy atom. The molecule has 0 fully saturated rings. The Balaban J connectivity index is 0.000000604. The van der Waals surface area contributed by atoms with E-state index in [4.69, 9.17) is 33.1 Å². The molecule has 1 aromatic heterocycles. The van der Waals surface area contributed by atoms with Gasteiger partial charge >= 0.3 is 12.1 Å². The lowest BCUT2D eigenvalue weighted by atomic mass is 10.2. The topological polar surface area (TPSA) is 154 Å². The first-order chi connectivity index (χ1) is 17.4. The van der Waals surface area contributed by atoms with E-state index >= 15 is 0 Å². The number of non-ortho nitro benzene ring substituents is 1. The number of rotatable bonds is 8. The van der Waals surface area contributed by atoms with Crippen molar-refractivity contribution in [2.24, 2.45) is 0 Å². The number of carbonyl (C=O) groups is 1. The number of benzene rings is 2. The first-order valence-electron chi connectivity index (χ1n) is 9.81. The molecule has 194 valence electrons. The number of carboxylic acid groups (broad SMARTS) is 1. The maximum absolute atomic E-state index is 10.9. The molecule has 2 aromatic carbocycles. The zero-order valence-corrected chi connectivity index (χ0v) is 20.6. The van der Waals surface area contributed by atoms with Gasteiger partial charge in [-0.25, -0.2) is 9.78 Å². The Kier molecular flexibility index (Phi) is 10.7. The molecule has 3 N–H and O–H groups in total. The van der Waals surface area contributed by atoms with Crippen molar-refractivity contribution in [1.29, 1.82) is 5.26 Å². The van der Waals surface area contributed by atoms with E-state index in [1.54, 1.807) is 11.8 Å². The molecule has 0 radical (unpaired) electrons. The van der Waals surface area contributed by atoms with Crippen LogP contribution in [0.2, 0.25) is 10.3 Å². The summed E-state index contributed by atoms with van der Waals surface area (Å²) in [5.41, 5.74) is 1.52. The minimum atomic E-state index is -5.08. The highest BCUT2D eigenvalue weighted by atomic mass is 35.5. The third kappa shape index (κ3) is 9.64. The van der Waals surface area contributed by atoms with Crippen LogP contribution in [0, 0.1) is 21.4 Å². The highest BCUT2D eigenvalue weighted by molar-refractivity contribution is 7.99. The van der Waals surface area contributed by atoms with Gasteiger partial charge in [-0.3, -0.25) is 10.1 Å². The quantitative estimate of drug-likeness (QED) is 0.0938. The number of hydrogen-bond donors (Lipinski definition) is 3. The van der Waals surface area contributed by atoms with Crippen LogP contribution in [0.4, 0.5) is 36.1 Å². The Bertz CT molecular complexity index is 1320. The second-order valence-electron chi connectivity index (χ2n) is 6.67. The predicted octanol–water partition coefficient (Wildman–Crippen LogP) is 6.14. The predicted molar refractivity (Wildman–Crippen MR) is 132 cm³/mol. The molecular weight excluding hydrogens is 560 g/mol. The number of nitrogens with one attached hydrogen (secondary N) is 2. The van der Waals surface area contributed by atoms with E-state index in [2.05, 4.69) is 20.6 Å². The van der Waals surface area contributed by atoms with Crippen LogP contribution in [0.3, 0.4) is 0 Å². The van der Waals surface area contributed by atoms with Gasteiger partial charge in [0.2, 0.25) is 5.28 Å². The van der Waals surface area contributed by atoms with Crippen molar-refractivity contribution in [3.63, 3.8) is 0 Å². The molecule has 0 aliphatic carbocycles. The average molecular weight is 575 g/mol. The van der Waals surface area contributed by atoms with Gasteiger partial charge in [-0.2, -0.15) is 23.4 Å². The molecule has 0 amide bonds. The van der Waals surface area contributed by atoms with E-state index in [9.17, 15) is 28.5 Å². The van der Waals surface area contributed by atoms with Crippen molar-refractivity contribution in [2.75, 3.05) is 22.9 Å². The fourth-order valence-electron chi connectivity index (χ4n) is 2.48. The van der Waals surface area contributed by atoms with E-state index in [0.29, 0.717) is 34.4 Å². The second kappa shape index (κ2) is 13.5. The van der Waals surface area contributed by atoms with Crippen LogP contribution in [0.15, 0.2) is 53.6 Å². The van der Waals surface area contributed by atoms with E-state index in [-0.39, 0.29) is 11.0 Å². The Labute approximate surface area is 221 Å². The Morgan fingerprint density at radius 2 is 1.95 bits per heavy atom. The van der Waals surface area contributed by atoms with Gasteiger partial charge in [0, 0.05) is 35.0 Å². The maximum atomic E-state index is 10.9. The summed E-state index contributed by atoms with van der Waals surface area (Å²) in [7, 11) is 0. The van der Waals surface area contributed by atoms with Crippen LogP contribution < -0.4 is 10.6 Å². The zero-order valence-electron chi connectivity index (χ0n) is 18.3. The van der Waals surface area contributed by atoms with E-state index in [1.165, 1.54) is 24.4 Å². The number of hydrogen-bond acceptors (Lipinski definition) is 9. The lowest BCUT2D eigenvalue weighted by Gasteiger charge is -2.10. The van der Waals surface area contributed by atoms with Crippen molar-refractivity contribution in [1.82, 2.24) is 9.97 Å². The molecule has 0 bridgehead atoms. The molecule has 37 heavy (non-hydrogen) atoms. The smallest absolute Gasteiger partial charge is 0.475 e. The Hall–Kier alpha value is -3.80. The van der Waals surface area contributed by atoms with Crippen LogP contribution in [0.25, 0.3) is 0 Å².